The van der Waals surface area contributed by atoms with Gasteiger partial charge in [-0.15, -0.1) is 0 Å². The van der Waals surface area contributed by atoms with Crippen molar-refractivity contribution in [1.29, 1.82) is 0 Å². The van der Waals surface area contributed by atoms with Gasteiger partial charge in [0.15, 0.2) is 0 Å². The monoisotopic (exact) mass is 244 g/mol. The summed E-state index contributed by atoms with van der Waals surface area (Å²) in [7, 11) is -2.20. The van der Waals surface area contributed by atoms with Crippen LogP contribution in [0, 0.1) is 0 Å². The van der Waals surface area contributed by atoms with Crippen molar-refractivity contribution in [1.82, 2.24) is 3.30 Å². The maximum atomic E-state index is 8.97. The van der Waals surface area contributed by atoms with E-state index in [0.29, 0.717) is 0 Å². The molecule has 0 aliphatic heterocycles. The predicted molar refractivity (Wildman–Crippen MR) is 33.3 cm³/mol. The van der Waals surface area contributed by atoms with Gasteiger partial charge in [0.05, 0.1) is 0 Å². The van der Waals surface area contributed by atoms with E-state index in [1.807, 2.05) is 7.05 Å². The van der Waals surface area contributed by atoms with Gasteiger partial charge in [0.2, 0.25) is 0 Å². The van der Waals surface area contributed by atoms with Gasteiger partial charge in [-0.1, -0.05) is 0 Å². The van der Waals surface area contributed by atoms with Crippen LogP contribution in [0.3, 0.4) is 0 Å². The standard InChI is InChI=1S/CH4N.In.H3NO3S.2H/c1-2;;1-5(2,3)4;;/h2H,1H3;;(H3,1,2,3,4);;/q-1;+1;;;. The Labute approximate surface area is 63.5 Å². The summed E-state index contributed by atoms with van der Waals surface area (Å²) < 4.78 is 28.2. The molecule has 0 bridgehead atoms. The van der Waals surface area contributed by atoms with E-state index in [4.69, 9.17) is 13.0 Å². The molecule has 0 rings (SSSR count). The summed E-state index contributed by atoms with van der Waals surface area (Å²) in [4.78, 5) is 0. The Morgan fingerprint density at radius 3 is 1.75 bits per heavy atom. The van der Waals surface area contributed by atoms with E-state index < -0.39 is 10.3 Å². The smallest absolute Gasteiger partial charge is 0.274 e. The summed E-state index contributed by atoms with van der Waals surface area (Å²) in [6.45, 7) is 0. The maximum Gasteiger partial charge on any atom is 0.330 e. The summed E-state index contributed by atoms with van der Waals surface area (Å²) in [5, 5.41) is 3.88. The summed E-state index contributed by atoms with van der Waals surface area (Å²) >= 11 is 0.732. The number of hydrogen-bond acceptors (Lipinski definition) is 3. The predicted octanol–water partition coefficient (Wildman–Crippen LogP) is -2.50. The summed E-state index contributed by atoms with van der Waals surface area (Å²) in [6, 6.07) is 0. The molecule has 0 aliphatic carbocycles. The molecule has 0 aromatic rings. The summed E-state index contributed by atoms with van der Waals surface area (Å²) in [5.74, 6) is 0. The third-order valence-corrected chi connectivity index (χ3v) is 0. The van der Waals surface area contributed by atoms with E-state index in [1.165, 1.54) is 0 Å². The molecule has 50 valence electrons. The van der Waals surface area contributed by atoms with Crippen molar-refractivity contribution < 1.29 is 13.0 Å². The van der Waals surface area contributed by atoms with E-state index in [0.717, 1.165) is 24.7 Å². The first kappa shape index (κ1) is 11.5. The fourth-order valence-electron chi connectivity index (χ4n) is 0. The molecule has 0 aromatic carbocycles. The van der Waals surface area contributed by atoms with Crippen LogP contribution in [0.5, 0.6) is 0 Å². The Balaban J connectivity index is 0. The van der Waals surface area contributed by atoms with Gasteiger partial charge in [-0.3, -0.25) is 4.55 Å². The topological polar surface area (TPSA) is 92.4 Å². The Morgan fingerprint density at radius 1 is 1.75 bits per heavy atom. The fraction of sp³-hybridized carbons (Fsp3) is 1.00. The van der Waals surface area contributed by atoms with Crippen LogP contribution in [0.25, 0.3) is 0 Å². The van der Waals surface area contributed by atoms with Gasteiger partial charge in [0.25, 0.3) is 0 Å². The number of hydrogen-bond donors (Lipinski definition) is 3. The quantitative estimate of drug-likeness (QED) is 0.411. The number of nitrogens with two attached hydrogens (primary N) is 1. The first-order valence-electron chi connectivity index (χ1n) is 1.75. The van der Waals surface area contributed by atoms with Crippen LogP contribution in [-0.4, -0.2) is 44.7 Å². The van der Waals surface area contributed by atoms with Gasteiger partial charge in [0, 0.05) is 0 Å². The molecule has 0 spiro atoms. The number of nitrogens with one attached hydrogen (secondary N) is 1. The van der Waals surface area contributed by atoms with Crippen LogP contribution in [0.4, 0.5) is 0 Å². The molecule has 5 nitrogen and oxygen atoms in total. The Hall–Kier alpha value is 0.700. The molecule has 0 heterocycles. The fourth-order valence-corrected chi connectivity index (χ4v) is 0. The van der Waals surface area contributed by atoms with E-state index >= 15 is 0 Å². The number of rotatable bonds is 0. The van der Waals surface area contributed by atoms with Crippen molar-refractivity contribution in [2.45, 2.75) is 0 Å². The molecular weight excluding hydrogens is 235 g/mol. The minimum Gasteiger partial charge on any atom is -0.274 e. The molecule has 0 fully saturated rings. The summed E-state index contributed by atoms with van der Waals surface area (Å²) in [5.41, 5.74) is 0. The molecule has 0 saturated carbocycles. The first-order valence-corrected chi connectivity index (χ1v) is 6.11. The molecular formula is CH9InN2O3S. The zero-order chi connectivity index (χ0) is 7.21. The van der Waals surface area contributed by atoms with Crippen LogP contribution in [-0.2, 0) is 10.3 Å². The van der Waals surface area contributed by atoms with Crippen LogP contribution >= 0.6 is 0 Å². The normalized spacial score (nSPS) is 9.38. The zero-order valence-electron chi connectivity index (χ0n) is 4.75. The molecule has 7 heteroatoms. The van der Waals surface area contributed by atoms with Crippen molar-refractivity contribution in [2.75, 3.05) is 7.05 Å². The minimum absolute atomic E-state index is 0.732. The van der Waals surface area contributed by atoms with Gasteiger partial charge < -0.3 is 0 Å². The zero-order valence-corrected chi connectivity index (χ0v) is 11.3. The third kappa shape index (κ3) is 444. The van der Waals surface area contributed by atoms with Crippen LogP contribution in [0.2, 0.25) is 0 Å². The molecule has 0 atom stereocenters. The molecule has 0 radical (unpaired) electrons. The Kier molecular flexibility index (Phi) is 8.37. The van der Waals surface area contributed by atoms with Crippen molar-refractivity contribution in [2.24, 2.45) is 5.14 Å². The van der Waals surface area contributed by atoms with Gasteiger partial charge in [-0.2, -0.15) is 8.42 Å². The van der Waals surface area contributed by atoms with E-state index in [9.17, 15) is 0 Å². The Bertz CT molecular complexity index is 111. The average Bonchev–Trinajstić information content (AvgIpc) is 1.27. The van der Waals surface area contributed by atoms with Gasteiger partial charge >= 0.3 is 45.3 Å². The minimum atomic E-state index is -4.17. The van der Waals surface area contributed by atoms with Crippen molar-refractivity contribution >= 4 is 35.0 Å². The molecule has 8 heavy (non-hydrogen) atoms. The average molecular weight is 244 g/mol. The molecule has 0 unspecified atom stereocenters. The Morgan fingerprint density at radius 2 is 1.75 bits per heavy atom. The third-order valence-electron chi connectivity index (χ3n) is 0. The van der Waals surface area contributed by atoms with E-state index in [-0.39, 0.29) is 0 Å². The van der Waals surface area contributed by atoms with Gasteiger partial charge in [-0.05, 0) is 0 Å². The molecule has 0 aliphatic rings. The van der Waals surface area contributed by atoms with E-state index in [1.54, 1.807) is 0 Å². The second-order valence-corrected chi connectivity index (χ2v) is 4.90. The molecule has 4 N–H and O–H groups in total. The van der Waals surface area contributed by atoms with Crippen LogP contribution < -0.4 is 8.44 Å². The van der Waals surface area contributed by atoms with Gasteiger partial charge in [-0.25, -0.2) is 5.14 Å². The maximum absolute atomic E-state index is 8.97. The van der Waals surface area contributed by atoms with Gasteiger partial charge in [0.1, 0.15) is 0 Å². The van der Waals surface area contributed by atoms with Crippen molar-refractivity contribution in [3.63, 3.8) is 0 Å². The van der Waals surface area contributed by atoms with Crippen LogP contribution in [0.1, 0.15) is 0 Å². The van der Waals surface area contributed by atoms with Crippen LogP contribution in [0.15, 0.2) is 0 Å². The van der Waals surface area contributed by atoms with Crippen molar-refractivity contribution in [3.05, 3.63) is 0 Å². The summed E-state index contributed by atoms with van der Waals surface area (Å²) in [6.07, 6.45) is 0. The largest absolute Gasteiger partial charge is 0.330 e. The molecule has 0 saturated heterocycles. The SMILES string of the molecule is C[NH][InH2].NS(=O)(=O)O. The van der Waals surface area contributed by atoms with E-state index in [2.05, 4.69) is 8.44 Å². The molecule has 0 amide bonds. The first-order chi connectivity index (χ1) is 3.41. The van der Waals surface area contributed by atoms with Crippen molar-refractivity contribution in [3.8, 4) is 0 Å². The molecule has 0 aromatic heterocycles. The second-order valence-electron chi connectivity index (χ2n) is 1.01. The second kappa shape index (κ2) is 5.83.